The van der Waals surface area contributed by atoms with E-state index in [4.69, 9.17) is 4.42 Å². The summed E-state index contributed by atoms with van der Waals surface area (Å²) in [6.07, 6.45) is 0. The molecule has 1 heterocycles. The van der Waals surface area contributed by atoms with Crippen LogP contribution < -0.4 is 16.3 Å². The maximum Gasteiger partial charge on any atom is 0.336 e. The van der Waals surface area contributed by atoms with Gasteiger partial charge in [0.2, 0.25) is 0 Å². The molecule has 0 fully saturated rings. The fourth-order valence-corrected chi connectivity index (χ4v) is 2.14. The van der Waals surface area contributed by atoms with Gasteiger partial charge in [0, 0.05) is 42.0 Å². The Bertz CT molecular complexity index is 781. The molecule has 0 unspecified atom stereocenters. The minimum atomic E-state index is -0.328. The van der Waals surface area contributed by atoms with E-state index < -0.39 is 0 Å². The highest BCUT2D eigenvalue weighted by Gasteiger charge is 1.99. The minimum Gasteiger partial charge on any atom is -0.423 e. The van der Waals surface area contributed by atoms with Crippen molar-refractivity contribution >= 4 is 22.3 Å². The van der Waals surface area contributed by atoms with Gasteiger partial charge in [0.15, 0.2) is 0 Å². The van der Waals surface area contributed by atoms with Gasteiger partial charge in [-0.3, -0.25) is 0 Å². The highest BCUT2D eigenvalue weighted by Crippen LogP contribution is 2.17. The van der Waals surface area contributed by atoms with E-state index in [-0.39, 0.29) is 5.63 Å². The van der Waals surface area contributed by atoms with Gasteiger partial charge in [0.25, 0.3) is 0 Å². The molecule has 4 nitrogen and oxygen atoms in total. The van der Waals surface area contributed by atoms with Gasteiger partial charge in [-0.05, 0) is 30.3 Å². The number of rotatable bonds is 5. The first-order chi connectivity index (χ1) is 10.3. The van der Waals surface area contributed by atoms with Crippen LogP contribution >= 0.6 is 0 Å². The van der Waals surface area contributed by atoms with E-state index in [1.807, 2.05) is 48.5 Å². The Hall–Kier alpha value is -2.75. The van der Waals surface area contributed by atoms with E-state index in [0.717, 1.165) is 29.9 Å². The Morgan fingerprint density at radius 1 is 0.810 bits per heavy atom. The van der Waals surface area contributed by atoms with Crippen LogP contribution in [-0.4, -0.2) is 13.1 Å². The van der Waals surface area contributed by atoms with Crippen molar-refractivity contribution in [3.63, 3.8) is 0 Å². The first-order valence-corrected chi connectivity index (χ1v) is 6.88. The molecule has 0 aliphatic rings. The maximum atomic E-state index is 11.2. The molecule has 0 aliphatic carbocycles. The van der Waals surface area contributed by atoms with Gasteiger partial charge in [-0.15, -0.1) is 0 Å². The molecular weight excluding hydrogens is 264 g/mol. The van der Waals surface area contributed by atoms with Crippen LogP contribution in [0.15, 0.2) is 69.9 Å². The van der Waals surface area contributed by atoms with Gasteiger partial charge in [-0.2, -0.15) is 0 Å². The fraction of sp³-hybridized carbons (Fsp3) is 0.118. The third-order valence-electron chi connectivity index (χ3n) is 3.18. The molecule has 0 saturated carbocycles. The fourth-order valence-electron chi connectivity index (χ4n) is 2.14. The molecule has 106 valence electrons. The Morgan fingerprint density at radius 3 is 2.33 bits per heavy atom. The average molecular weight is 280 g/mol. The van der Waals surface area contributed by atoms with Crippen LogP contribution in [0.25, 0.3) is 11.0 Å². The third-order valence-corrected chi connectivity index (χ3v) is 3.18. The van der Waals surface area contributed by atoms with Gasteiger partial charge in [-0.1, -0.05) is 18.2 Å². The molecule has 0 bridgehead atoms. The molecule has 2 N–H and O–H groups in total. The second-order valence-electron chi connectivity index (χ2n) is 4.73. The van der Waals surface area contributed by atoms with Gasteiger partial charge in [0.05, 0.1) is 0 Å². The van der Waals surface area contributed by atoms with Crippen molar-refractivity contribution in [3.05, 3.63) is 71.1 Å². The molecule has 21 heavy (non-hydrogen) atoms. The quantitative estimate of drug-likeness (QED) is 0.556. The van der Waals surface area contributed by atoms with Gasteiger partial charge >= 0.3 is 5.63 Å². The van der Waals surface area contributed by atoms with Crippen LogP contribution in [0.3, 0.4) is 0 Å². The summed E-state index contributed by atoms with van der Waals surface area (Å²) in [4.78, 5) is 11.2. The van der Waals surface area contributed by atoms with Crippen LogP contribution in [0.2, 0.25) is 0 Å². The molecule has 0 aliphatic heterocycles. The number of benzene rings is 2. The molecular formula is C17H16N2O2. The molecule has 4 heteroatoms. The highest BCUT2D eigenvalue weighted by atomic mass is 16.4. The van der Waals surface area contributed by atoms with Crippen LogP contribution in [0, 0.1) is 0 Å². The van der Waals surface area contributed by atoms with Crippen molar-refractivity contribution in [2.45, 2.75) is 0 Å². The molecule has 0 atom stereocenters. The van der Waals surface area contributed by atoms with Crippen molar-refractivity contribution in [2.24, 2.45) is 0 Å². The van der Waals surface area contributed by atoms with Gasteiger partial charge in [-0.25, -0.2) is 4.79 Å². The number of para-hydroxylation sites is 1. The van der Waals surface area contributed by atoms with E-state index >= 15 is 0 Å². The smallest absolute Gasteiger partial charge is 0.336 e. The number of hydrogen-bond acceptors (Lipinski definition) is 4. The van der Waals surface area contributed by atoms with Crippen LogP contribution in [-0.2, 0) is 0 Å². The Morgan fingerprint density at radius 2 is 1.52 bits per heavy atom. The van der Waals surface area contributed by atoms with E-state index in [1.54, 1.807) is 6.07 Å². The molecule has 2 aromatic carbocycles. The van der Waals surface area contributed by atoms with Crippen molar-refractivity contribution < 1.29 is 4.42 Å². The molecule has 3 rings (SSSR count). The van der Waals surface area contributed by atoms with E-state index in [0.29, 0.717) is 5.58 Å². The molecule has 0 saturated heterocycles. The van der Waals surface area contributed by atoms with E-state index in [2.05, 4.69) is 10.6 Å². The summed E-state index contributed by atoms with van der Waals surface area (Å²) in [5, 5.41) is 7.55. The van der Waals surface area contributed by atoms with Crippen LogP contribution in [0.1, 0.15) is 0 Å². The predicted molar refractivity (Wildman–Crippen MR) is 85.9 cm³/mol. The standard InChI is InChI=1S/C17H16N2O2/c20-17-9-7-13-6-8-15(12-16(13)21-17)19-11-10-18-14-4-2-1-3-5-14/h1-9,12,18-19H,10-11H2. The second kappa shape index (κ2) is 6.13. The monoisotopic (exact) mass is 280 g/mol. The molecule has 0 spiro atoms. The molecule has 0 radical (unpaired) electrons. The normalized spacial score (nSPS) is 10.5. The average Bonchev–Trinajstić information content (AvgIpc) is 2.52. The van der Waals surface area contributed by atoms with Crippen LogP contribution in [0.5, 0.6) is 0 Å². The van der Waals surface area contributed by atoms with E-state index in [1.165, 1.54) is 6.07 Å². The summed E-state index contributed by atoms with van der Waals surface area (Å²) in [6, 6.07) is 19.0. The number of anilines is 2. The first-order valence-electron chi connectivity index (χ1n) is 6.88. The molecule has 0 amide bonds. The summed E-state index contributed by atoms with van der Waals surface area (Å²) in [5.41, 5.74) is 2.31. The summed E-state index contributed by atoms with van der Waals surface area (Å²) >= 11 is 0. The largest absolute Gasteiger partial charge is 0.423 e. The Balaban J connectivity index is 1.59. The molecule has 1 aromatic heterocycles. The summed E-state index contributed by atoms with van der Waals surface area (Å²) < 4.78 is 5.17. The third kappa shape index (κ3) is 3.42. The topological polar surface area (TPSA) is 54.3 Å². The maximum absolute atomic E-state index is 11.2. The lowest BCUT2D eigenvalue weighted by molar-refractivity contribution is 0.561. The zero-order valence-electron chi connectivity index (χ0n) is 11.5. The van der Waals surface area contributed by atoms with Crippen molar-refractivity contribution in [2.75, 3.05) is 23.7 Å². The zero-order valence-corrected chi connectivity index (χ0v) is 11.5. The number of nitrogens with one attached hydrogen (secondary N) is 2. The lowest BCUT2D eigenvalue weighted by Crippen LogP contribution is -2.13. The summed E-state index contributed by atoms with van der Waals surface area (Å²) in [5.74, 6) is 0. The minimum absolute atomic E-state index is 0.328. The van der Waals surface area contributed by atoms with Crippen molar-refractivity contribution in [1.29, 1.82) is 0 Å². The van der Waals surface area contributed by atoms with E-state index in [9.17, 15) is 4.79 Å². The highest BCUT2D eigenvalue weighted by molar-refractivity contribution is 5.80. The molecule has 3 aromatic rings. The SMILES string of the molecule is O=c1ccc2ccc(NCCNc3ccccc3)cc2o1. The zero-order chi connectivity index (χ0) is 14.5. The number of fused-ring (bicyclic) bond motifs is 1. The van der Waals surface area contributed by atoms with Crippen molar-refractivity contribution in [1.82, 2.24) is 0 Å². The van der Waals surface area contributed by atoms with Gasteiger partial charge < -0.3 is 15.1 Å². The Kier molecular flexibility index (Phi) is 3.87. The summed E-state index contributed by atoms with van der Waals surface area (Å²) in [6.45, 7) is 1.58. The second-order valence-corrected chi connectivity index (χ2v) is 4.73. The lowest BCUT2D eigenvalue weighted by atomic mass is 10.2. The first kappa shape index (κ1) is 13.2. The van der Waals surface area contributed by atoms with Crippen LogP contribution in [0.4, 0.5) is 11.4 Å². The lowest BCUT2D eigenvalue weighted by Gasteiger charge is -2.09. The van der Waals surface area contributed by atoms with Crippen molar-refractivity contribution in [3.8, 4) is 0 Å². The predicted octanol–water partition coefficient (Wildman–Crippen LogP) is 3.32. The number of hydrogen-bond donors (Lipinski definition) is 2. The van der Waals surface area contributed by atoms with Gasteiger partial charge in [0.1, 0.15) is 5.58 Å². The summed E-state index contributed by atoms with van der Waals surface area (Å²) in [7, 11) is 0. The Labute approximate surface area is 122 Å².